The Morgan fingerprint density at radius 2 is 2.25 bits per heavy atom. The third kappa shape index (κ3) is 4.78. The molecule has 1 aromatic heterocycles. The molecule has 1 rings (SSSR count). The van der Waals surface area contributed by atoms with Crippen LogP contribution in [0.4, 0.5) is 0 Å². The van der Waals surface area contributed by atoms with Gasteiger partial charge in [0.25, 0.3) is 5.91 Å². The van der Waals surface area contributed by atoms with Crippen molar-refractivity contribution in [2.24, 2.45) is 0 Å². The number of unbranched alkanes of at least 4 members (excludes halogenated alkanes) is 2. The normalized spacial score (nSPS) is 10.1. The summed E-state index contributed by atoms with van der Waals surface area (Å²) < 4.78 is 1.91. The first-order chi connectivity index (χ1) is 7.75. The number of pyridine rings is 1. The highest BCUT2D eigenvalue weighted by Crippen LogP contribution is 2.12. The maximum Gasteiger partial charge on any atom is 0.271 e. The third-order valence-corrected chi connectivity index (χ3v) is 3.47. The Bertz CT molecular complexity index is 347. The van der Waals surface area contributed by atoms with E-state index in [1.165, 1.54) is 10.8 Å². The van der Waals surface area contributed by atoms with Crippen LogP contribution < -0.4 is 5.32 Å². The Kier molecular flexibility index (Phi) is 6.95. The van der Waals surface area contributed by atoms with Crippen LogP contribution in [0.3, 0.4) is 0 Å². The molecule has 16 heavy (non-hydrogen) atoms. The molecule has 1 amide bonds. The molecule has 1 aromatic rings. The van der Waals surface area contributed by atoms with Crippen LogP contribution in [-0.4, -0.2) is 21.9 Å². The van der Waals surface area contributed by atoms with E-state index in [0.717, 1.165) is 23.9 Å². The number of hydrogen-bond acceptors (Lipinski definition) is 2. The highest BCUT2D eigenvalue weighted by molar-refractivity contribution is 14.1. The van der Waals surface area contributed by atoms with E-state index in [1.54, 1.807) is 12.3 Å². The van der Waals surface area contributed by atoms with Crippen molar-refractivity contribution in [2.45, 2.75) is 19.3 Å². The van der Waals surface area contributed by atoms with Gasteiger partial charge in [-0.3, -0.25) is 4.79 Å². The smallest absolute Gasteiger partial charge is 0.271 e. The van der Waals surface area contributed by atoms with Crippen LogP contribution in [0.1, 0.15) is 29.8 Å². The van der Waals surface area contributed by atoms with E-state index in [-0.39, 0.29) is 5.91 Å². The molecule has 5 heteroatoms. The fourth-order valence-electron chi connectivity index (χ4n) is 1.23. The Morgan fingerprint density at radius 1 is 1.44 bits per heavy atom. The second-order valence-electron chi connectivity index (χ2n) is 3.34. The van der Waals surface area contributed by atoms with Gasteiger partial charge in [0, 0.05) is 17.2 Å². The molecule has 3 nitrogen and oxygen atoms in total. The number of nitrogens with zero attached hydrogens (tertiary/aromatic N) is 1. The predicted molar refractivity (Wildman–Crippen MR) is 77.0 cm³/mol. The zero-order valence-electron chi connectivity index (χ0n) is 8.88. The van der Waals surface area contributed by atoms with Crippen molar-refractivity contribution >= 4 is 44.4 Å². The van der Waals surface area contributed by atoms with E-state index in [1.807, 2.05) is 6.07 Å². The minimum absolute atomic E-state index is 0.109. The van der Waals surface area contributed by atoms with Crippen molar-refractivity contribution in [3.63, 3.8) is 0 Å². The van der Waals surface area contributed by atoms with Gasteiger partial charge in [0.15, 0.2) is 0 Å². The van der Waals surface area contributed by atoms with Crippen molar-refractivity contribution in [2.75, 3.05) is 11.0 Å². The number of nitrogens with one attached hydrogen (secondary N) is 1. The number of halogens is 2. The molecule has 0 saturated carbocycles. The maximum absolute atomic E-state index is 11.7. The summed E-state index contributed by atoms with van der Waals surface area (Å²) in [4.78, 5) is 15.7. The van der Waals surface area contributed by atoms with Crippen LogP contribution in [0, 0.1) is 0 Å². The lowest BCUT2D eigenvalue weighted by molar-refractivity contribution is 0.0947. The predicted octanol–water partition coefficient (Wildman–Crippen LogP) is 3.18. The summed E-state index contributed by atoms with van der Waals surface area (Å²) in [7, 11) is 0. The minimum atomic E-state index is -0.109. The Hall–Kier alpha value is -0.170. The summed E-state index contributed by atoms with van der Waals surface area (Å²) in [5, 5.41) is 2.86. The van der Waals surface area contributed by atoms with Crippen molar-refractivity contribution < 1.29 is 4.79 Å². The van der Waals surface area contributed by atoms with Crippen molar-refractivity contribution in [1.82, 2.24) is 10.3 Å². The lowest BCUT2D eigenvalue weighted by Crippen LogP contribution is -2.25. The zero-order chi connectivity index (χ0) is 11.8. The van der Waals surface area contributed by atoms with Gasteiger partial charge in [-0.25, -0.2) is 4.98 Å². The van der Waals surface area contributed by atoms with Gasteiger partial charge in [-0.1, -0.05) is 29.0 Å². The summed E-state index contributed by atoms with van der Waals surface area (Å²) in [6, 6.07) is 3.61. The third-order valence-electron chi connectivity index (χ3n) is 2.07. The molecule has 0 radical (unpaired) electrons. The quantitative estimate of drug-likeness (QED) is 0.455. The lowest BCUT2D eigenvalue weighted by atomic mass is 10.2. The second-order valence-corrected chi connectivity index (χ2v) is 5.27. The fraction of sp³-hybridized carbons (Fsp3) is 0.455. The SMILES string of the molecule is O=C(NCCCCCI)c1ncccc1Br. The average Bonchev–Trinajstić information content (AvgIpc) is 2.29. The molecule has 0 atom stereocenters. The number of hydrogen-bond donors (Lipinski definition) is 1. The van der Waals surface area contributed by atoms with Gasteiger partial charge in [-0.2, -0.15) is 0 Å². The molecule has 0 aromatic carbocycles. The van der Waals surface area contributed by atoms with Gasteiger partial charge >= 0.3 is 0 Å². The summed E-state index contributed by atoms with van der Waals surface area (Å²) in [6.07, 6.45) is 5.02. The molecule has 0 aliphatic heterocycles. The van der Waals surface area contributed by atoms with Crippen molar-refractivity contribution in [3.05, 3.63) is 28.5 Å². The lowest BCUT2D eigenvalue weighted by Gasteiger charge is -2.05. The largest absolute Gasteiger partial charge is 0.351 e. The number of carbonyl (C=O) groups is 1. The minimum Gasteiger partial charge on any atom is -0.351 e. The number of carbonyl (C=O) groups excluding carboxylic acids is 1. The van der Waals surface area contributed by atoms with Crippen molar-refractivity contribution in [1.29, 1.82) is 0 Å². The summed E-state index contributed by atoms with van der Waals surface area (Å²) in [6.45, 7) is 0.721. The first-order valence-corrected chi connectivity index (χ1v) is 7.52. The fourth-order valence-corrected chi connectivity index (χ4v) is 2.21. The van der Waals surface area contributed by atoms with Crippen LogP contribution in [0.15, 0.2) is 22.8 Å². The molecule has 0 spiro atoms. The topological polar surface area (TPSA) is 42.0 Å². The molecule has 0 fully saturated rings. The Balaban J connectivity index is 2.33. The molecule has 1 N–H and O–H groups in total. The van der Waals surface area contributed by atoms with Crippen LogP contribution >= 0.6 is 38.5 Å². The van der Waals surface area contributed by atoms with Crippen LogP contribution in [-0.2, 0) is 0 Å². The average molecular weight is 397 g/mol. The summed E-state index contributed by atoms with van der Waals surface area (Å²) in [5.74, 6) is -0.109. The zero-order valence-corrected chi connectivity index (χ0v) is 12.6. The number of amides is 1. The molecule has 0 aliphatic carbocycles. The van der Waals surface area contributed by atoms with Crippen LogP contribution in [0.2, 0.25) is 0 Å². The molecule has 0 saturated heterocycles. The van der Waals surface area contributed by atoms with E-state index >= 15 is 0 Å². The summed E-state index contributed by atoms with van der Waals surface area (Å²) >= 11 is 5.67. The first-order valence-electron chi connectivity index (χ1n) is 5.20. The molecule has 0 unspecified atom stereocenters. The number of aromatic nitrogens is 1. The van der Waals surface area contributed by atoms with Crippen LogP contribution in [0.5, 0.6) is 0 Å². The molecular weight excluding hydrogens is 383 g/mol. The van der Waals surface area contributed by atoms with E-state index in [0.29, 0.717) is 5.69 Å². The Labute approximate surface area is 118 Å². The monoisotopic (exact) mass is 396 g/mol. The summed E-state index contributed by atoms with van der Waals surface area (Å²) in [5.41, 5.74) is 0.455. The maximum atomic E-state index is 11.7. The number of alkyl halides is 1. The standard InChI is InChI=1S/C11H14BrIN2O/c12-9-5-4-8-14-10(9)11(16)15-7-3-1-2-6-13/h4-5,8H,1-3,6-7H2,(H,15,16). The van der Waals surface area contributed by atoms with E-state index < -0.39 is 0 Å². The van der Waals surface area contributed by atoms with Gasteiger partial charge in [0.05, 0.1) is 0 Å². The van der Waals surface area contributed by atoms with Gasteiger partial charge in [-0.15, -0.1) is 0 Å². The number of rotatable bonds is 6. The molecule has 0 bridgehead atoms. The molecule has 1 heterocycles. The molecule has 88 valence electrons. The van der Waals surface area contributed by atoms with Gasteiger partial charge < -0.3 is 5.32 Å². The first kappa shape index (κ1) is 13.9. The van der Waals surface area contributed by atoms with Gasteiger partial charge in [0.2, 0.25) is 0 Å². The van der Waals surface area contributed by atoms with E-state index in [9.17, 15) is 4.79 Å². The highest BCUT2D eigenvalue weighted by atomic mass is 127. The van der Waals surface area contributed by atoms with Crippen molar-refractivity contribution in [3.8, 4) is 0 Å². The van der Waals surface area contributed by atoms with Gasteiger partial charge in [-0.05, 0) is 45.3 Å². The van der Waals surface area contributed by atoms with Crippen LogP contribution in [0.25, 0.3) is 0 Å². The van der Waals surface area contributed by atoms with Gasteiger partial charge in [0.1, 0.15) is 5.69 Å². The second kappa shape index (κ2) is 8.00. The molecule has 0 aliphatic rings. The Morgan fingerprint density at radius 3 is 2.94 bits per heavy atom. The highest BCUT2D eigenvalue weighted by Gasteiger charge is 2.09. The van der Waals surface area contributed by atoms with E-state index in [2.05, 4.69) is 48.8 Å². The molecular formula is C11H14BrIN2O. The van der Waals surface area contributed by atoms with E-state index in [4.69, 9.17) is 0 Å².